The van der Waals surface area contributed by atoms with Crippen molar-refractivity contribution in [1.82, 2.24) is 0 Å². The van der Waals surface area contributed by atoms with E-state index in [0.717, 1.165) is 5.56 Å². The van der Waals surface area contributed by atoms with Gasteiger partial charge in [-0.05, 0) is 24.1 Å². The normalized spacial score (nSPS) is 14.8. The average Bonchev–Trinajstić information content (AvgIpc) is 2.87. The van der Waals surface area contributed by atoms with E-state index in [1.54, 1.807) is 12.1 Å². The molecule has 106 valence electrons. The first kappa shape index (κ1) is 14.2. The minimum atomic E-state index is -1.40. The summed E-state index contributed by atoms with van der Waals surface area (Å²) in [6, 6.07) is 3.43. The Labute approximate surface area is 115 Å². The van der Waals surface area contributed by atoms with E-state index in [1.165, 1.54) is 11.0 Å². The van der Waals surface area contributed by atoms with Crippen LogP contribution in [0.1, 0.15) is 15.9 Å². The minimum Gasteiger partial charge on any atom is -0.389 e. The van der Waals surface area contributed by atoms with Crippen LogP contribution in [0.25, 0.3) is 0 Å². The number of aliphatic hydroxyl groups excluding tert-OH is 1. The molecule has 0 aromatic heterocycles. The molecular weight excluding hydrogens is 262 g/mol. The molecule has 1 aromatic rings. The number of ketones is 1. The summed E-state index contributed by atoms with van der Waals surface area (Å²) in [6.45, 7) is -0.405. The molecule has 2 amide bonds. The number of fused-ring (bicyclic) bond motifs is 1. The van der Waals surface area contributed by atoms with E-state index in [4.69, 9.17) is 16.6 Å². The lowest BCUT2D eigenvalue weighted by Gasteiger charge is -2.20. The van der Waals surface area contributed by atoms with Gasteiger partial charge in [-0.2, -0.15) is 0 Å². The van der Waals surface area contributed by atoms with Crippen LogP contribution in [-0.4, -0.2) is 41.9 Å². The number of nitrogens with zero attached hydrogens (tertiary/aromatic N) is 1. The maximum Gasteiger partial charge on any atom is 0.251 e. The molecule has 2 rings (SSSR count). The Kier molecular flexibility index (Phi) is 3.82. The van der Waals surface area contributed by atoms with Gasteiger partial charge in [0.1, 0.15) is 12.6 Å². The summed E-state index contributed by atoms with van der Waals surface area (Å²) in [4.78, 5) is 36.0. The molecule has 0 fully saturated rings. The zero-order chi connectivity index (χ0) is 14.9. The zero-order valence-electron chi connectivity index (χ0n) is 10.7. The van der Waals surface area contributed by atoms with Crippen LogP contribution in [0.15, 0.2) is 18.2 Å². The summed E-state index contributed by atoms with van der Waals surface area (Å²) in [5.74, 6) is -1.93. The van der Waals surface area contributed by atoms with Gasteiger partial charge >= 0.3 is 0 Å². The quantitative estimate of drug-likeness (QED) is 0.581. The molecule has 7 heteroatoms. The topological polar surface area (TPSA) is 127 Å². The number of nitrogens with two attached hydrogens (primary N) is 2. The van der Waals surface area contributed by atoms with E-state index < -0.39 is 30.2 Å². The molecule has 1 atom stereocenters. The third-order valence-corrected chi connectivity index (χ3v) is 3.30. The second-order valence-corrected chi connectivity index (χ2v) is 4.55. The van der Waals surface area contributed by atoms with Gasteiger partial charge in [-0.3, -0.25) is 14.4 Å². The van der Waals surface area contributed by atoms with Crippen molar-refractivity contribution in [2.75, 3.05) is 18.1 Å². The van der Waals surface area contributed by atoms with Crippen LogP contribution in [0.3, 0.4) is 0 Å². The Balaban J connectivity index is 2.31. The fraction of sp³-hybridized carbons (Fsp3) is 0.308. The largest absolute Gasteiger partial charge is 0.389 e. The third-order valence-electron chi connectivity index (χ3n) is 3.30. The Morgan fingerprint density at radius 2 is 2.05 bits per heavy atom. The van der Waals surface area contributed by atoms with E-state index in [-0.39, 0.29) is 5.56 Å². The third kappa shape index (κ3) is 2.40. The van der Waals surface area contributed by atoms with E-state index in [0.29, 0.717) is 18.7 Å². The highest BCUT2D eigenvalue weighted by atomic mass is 16.3. The highest BCUT2D eigenvalue weighted by Gasteiger charge is 2.31. The molecule has 0 saturated heterocycles. The monoisotopic (exact) mass is 277 g/mol. The van der Waals surface area contributed by atoms with Crippen LogP contribution in [0.2, 0.25) is 0 Å². The van der Waals surface area contributed by atoms with Crippen LogP contribution in [-0.2, 0) is 16.0 Å². The smallest absolute Gasteiger partial charge is 0.251 e. The molecular formula is C13H15N3O4. The summed E-state index contributed by atoms with van der Waals surface area (Å²) >= 11 is 0. The lowest BCUT2D eigenvalue weighted by atomic mass is 10.1. The van der Waals surface area contributed by atoms with E-state index in [2.05, 4.69) is 0 Å². The van der Waals surface area contributed by atoms with Crippen LogP contribution >= 0.6 is 0 Å². The summed E-state index contributed by atoms with van der Waals surface area (Å²) in [7, 11) is 0. The van der Waals surface area contributed by atoms with Crippen molar-refractivity contribution in [3.05, 3.63) is 29.3 Å². The number of Topliss-reactive ketones (excluding diaryl/α,β-unsaturated/α-hetero) is 1. The predicted octanol–water partition coefficient (Wildman–Crippen LogP) is -1.44. The number of aliphatic hydroxyl groups is 1. The van der Waals surface area contributed by atoms with Crippen LogP contribution in [0.4, 0.5) is 5.69 Å². The molecule has 1 unspecified atom stereocenters. The highest BCUT2D eigenvalue weighted by molar-refractivity contribution is 6.13. The Morgan fingerprint density at radius 1 is 1.35 bits per heavy atom. The molecule has 1 aliphatic rings. The van der Waals surface area contributed by atoms with E-state index in [1.807, 2.05) is 0 Å². The number of hydrogen-bond acceptors (Lipinski definition) is 5. The summed E-state index contributed by atoms with van der Waals surface area (Å²) < 4.78 is 0. The van der Waals surface area contributed by atoms with Crippen molar-refractivity contribution in [2.24, 2.45) is 11.5 Å². The number of amides is 2. The predicted molar refractivity (Wildman–Crippen MR) is 71.1 cm³/mol. The number of carbonyl (C=O) groups is 3. The van der Waals surface area contributed by atoms with Crippen LogP contribution in [0.5, 0.6) is 0 Å². The molecule has 0 aliphatic carbocycles. The molecule has 5 N–H and O–H groups in total. The first-order chi connectivity index (χ1) is 9.45. The van der Waals surface area contributed by atoms with Crippen molar-refractivity contribution in [1.29, 1.82) is 0 Å². The number of benzene rings is 1. The molecule has 1 aromatic carbocycles. The molecule has 0 spiro atoms. The lowest BCUT2D eigenvalue weighted by molar-refractivity contribution is -0.130. The number of carbonyl (C=O) groups excluding carboxylic acids is 3. The van der Waals surface area contributed by atoms with Crippen LogP contribution in [0, 0.1) is 0 Å². The van der Waals surface area contributed by atoms with Crippen molar-refractivity contribution < 1.29 is 19.5 Å². The molecule has 20 heavy (non-hydrogen) atoms. The van der Waals surface area contributed by atoms with E-state index >= 15 is 0 Å². The zero-order valence-corrected chi connectivity index (χ0v) is 10.7. The van der Waals surface area contributed by atoms with Gasteiger partial charge in [-0.25, -0.2) is 0 Å². The molecule has 0 bridgehead atoms. The minimum absolute atomic E-state index is 0.283. The van der Waals surface area contributed by atoms with Gasteiger partial charge in [0.15, 0.2) is 5.78 Å². The Morgan fingerprint density at radius 3 is 2.65 bits per heavy atom. The van der Waals surface area contributed by atoms with Gasteiger partial charge in [0.05, 0.1) is 0 Å². The number of primary amides is 1. The van der Waals surface area contributed by atoms with Crippen molar-refractivity contribution in [3.63, 3.8) is 0 Å². The maximum absolute atomic E-state index is 12.1. The molecule has 0 saturated carbocycles. The van der Waals surface area contributed by atoms with Gasteiger partial charge in [-0.1, -0.05) is 6.07 Å². The van der Waals surface area contributed by atoms with Crippen molar-refractivity contribution >= 4 is 23.3 Å². The molecule has 0 radical (unpaired) electrons. The fourth-order valence-corrected chi connectivity index (χ4v) is 2.17. The van der Waals surface area contributed by atoms with Gasteiger partial charge in [-0.15, -0.1) is 0 Å². The van der Waals surface area contributed by atoms with Gasteiger partial charge < -0.3 is 21.5 Å². The fourth-order valence-electron chi connectivity index (χ4n) is 2.17. The average molecular weight is 277 g/mol. The summed E-state index contributed by atoms with van der Waals surface area (Å²) in [6.07, 6.45) is 0.611. The summed E-state index contributed by atoms with van der Waals surface area (Å²) in [5.41, 5.74) is 12.4. The SMILES string of the molecule is NC(=O)c1ccc2c(c1)N(C(=O)C(N)C(=O)CO)CC2. The standard InChI is InChI=1S/C13H15N3O4/c14-11(10(18)6-17)13(20)16-4-3-7-1-2-8(12(15)19)5-9(7)16/h1-2,5,11,17H,3-4,6,14H2,(H2,15,19). The maximum atomic E-state index is 12.1. The number of hydrogen-bond donors (Lipinski definition) is 3. The number of anilines is 1. The second-order valence-electron chi connectivity index (χ2n) is 4.55. The van der Waals surface area contributed by atoms with Crippen molar-refractivity contribution in [3.8, 4) is 0 Å². The van der Waals surface area contributed by atoms with Gasteiger partial charge in [0.25, 0.3) is 5.91 Å². The molecule has 1 heterocycles. The van der Waals surface area contributed by atoms with Crippen molar-refractivity contribution in [2.45, 2.75) is 12.5 Å². The first-order valence-electron chi connectivity index (χ1n) is 6.09. The summed E-state index contributed by atoms with van der Waals surface area (Å²) in [5, 5.41) is 8.75. The van der Waals surface area contributed by atoms with E-state index in [9.17, 15) is 14.4 Å². The Bertz CT molecular complexity index is 585. The van der Waals surface area contributed by atoms with Crippen LogP contribution < -0.4 is 16.4 Å². The highest BCUT2D eigenvalue weighted by Crippen LogP contribution is 2.29. The molecule has 7 nitrogen and oxygen atoms in total. The molecule has 1 aliphatic heterocycles. The first-order valence-corrected chi connectivity index (χ1v) is 6.09. The lowest BCUT2D eigenvalue weighted by Crippen LogP contribution is -2.48. The number of rotatable bonds is 4. The van der Waals surface area contributed by atoms with Gasteiger partial charge in [0.2, 0.25) is 5.91 Å². The Hall–Kier alpha value is -2.25. The van der Waals surface area contributed by atoms with Gasteiger partial charge in [0, 0.05) is 17.8 Å². The second kappa shape index (κ2) is 5.40.